The van der Waals surface area contributed by atoms with Crippen molar-refractivity contribution in [3.8, 4) is 11.5 Å². The second kappa shape index (κ2) is 3.96. The minimum atomic E-state index is 0.316. The van der Waals surface area contributed by atoms with E-state index in [1.54, 1.807) is 25.2 Å². The van der Waals surface area contributed by atoms with Crippen LogP contribution in [0.3, 0.4) is 0 Å². The number of aryl methyl sites for hydroxylation is 1. The van der Waals surface area contributed by atoms with Gasteiger partial charge in [-0.1, -0.05) is 23.2 Å². The molecule has 1 aromatic carbocycles. The lowest BCUT2D eigenvalue weighted by Crippen LogP contribution is -1.89. The van der Waals surface area contributed by atoms with Gasteiger partial charge >= 0.3 is 0 Å². The van der Waals surface area contributed by atoms with E-state index in [1.165, 1.54) is 4.68 Å². The Morgan fingerprint density at radius 2 is 2.07 bits per heavy atom. The number of hydrogen-bond donors (Lipinski definition) is 0. The molecule has 78 valence electrons. The molecular formula is C9H6Cl2N2OS. The average molecular weight is 261 g/mol. The van der Waals surface area contributed by atoms with E-state index in [0.29, 0.717) is 20.8 Å². The Bertz CT molecular complexity index is 561. The van der Waals surface area contributed by atoms with Crippen molar-refractivity contribution in [2.45, 2.75) is 0 Å². The van der Waals surface area contributed by atoms with Crippen LogP contribution in [0.4, 0.5) is 0 Å². The van der Waals surface area contributed by atoms with E-state index >= 15 is 0 Å². The first kappa shape index (κ1) is 10.7. The molecule has 0 unspecified atom stereocenters. The Labute approximate surface area is 101 Å². The van der Waals surface area contributed by atoms with E-state index in [1.807, 2.05) is 0 Å². The van der Waals surface area contributed by atoms with Crippen LogP contribution in [0.2, 0.25) is 10.0 Å². The SMILES string of the molecule is Cn1nc(-c2ccc(Cl)c(Cl)c2)oc1=S. The number of aromatic nitrogens is 2. The normalized spacial score (nSPS) is 10.6. The van der Waals surface area contributed by atoms with Crippen LogP contribution in [0.5, 0.6) is 0 Å². The fourth-order valence-corrected chi connectivity index (χ4v) is 1.51. The van der Waals surface area contributed by atoms with E-state index in [2.05, 4.69) is 5.10 Å². The molecule has 0 aliphatic heterocycles. The molecule has 0 bridgehead atoms. The lowest BCUT2D eigenvalue weighted by Gasteiger charge is -1.97. The van der Waals surface area contributed by atoms with Crippen LogP contribution in [0.1, 0.15) is 0 Å². The van der Waals surface area contributed by atoms with Crippen molar-refractivity contribution >= 4 is 35.4 Å². The maximum Gasteiger partial charge on any atom is 0.287 e. The number of benzene rings is 1. The summed E-state index contributed by atoms with van der Waals surface area (Å²) in [4.78, 5) is 0.316. The van der Waals surface area contributed by atoms with Gasteiger partial charge in [0.2, 0.25) is 5.89 Å². The van der Waals surface area contributed by atoms with Crippen LogP contribution in [-0.4, -0.2) is 9.78 Å². The third-order valence-electron chi connectivity index (χ3n) is 1.86. The van der Waals surface area contributed by atoms with Gasteiger partial charge in [0.25, 0.3) is 4.84 Å². The minimum Gasteiger partial charge on any atom is -0.409 e. The van der Waals surface area contributed by atoms with Gasteiger partial charge in [-0.3, -0.25) is 0 Å². The van der Waals surface area contributed by atoms with Crippen LogP contribution in [0.25, 0.3) is 11.5 Å². The molecule has 1 aromatic heterocycles. The Kier molecular flexibility index (Phi) is 2.82. The van der Waals surface area contributed by atoms with Crippen molar-refractivity contribution in [3.63, 3.8) is 0 Å². The van der Waals surface area contributed by atoms with Crippen molar-refractivity contribution in [1.29, 1.82) is 0 Å². The highest BCUT2D eigenvalue weighted by Gasteiger charge is 2.07. The predicted molar refractivity (Wildman–Crippen MR) is 61.8 cm³/mol. The van der Waals surface area contributed by atoms with Crippen LogP contribution < -0.4 is 0 Å². The third-order valence-corrected chi connectivity index (χ3v) is 2.94. The fourth-order valence-electron chi connectivity index (χ4n) is 1.09. The number of hydrogen-bond acceptors (Lipinski definition) is 3. The van der Waals surface area contributed by atoms with Crippen LogP contribution >= 0.6 is 35.4 Å². The Hall–Kier alpha value is -0.840. The quantitative estimate of drug-likeness (QED) is 0.733. The summed E-state index contributed by atoms with van der Waals surface area (Å²) in [6.07, 6.45) is 0. The van der Waals surface area contributed by atoms with Gasteiger partial charge in [-0.15, -0.1) is 5.10 Å². The zero-order valence-electron chi connectivity index (χ0n) is 7.70. The van der Waals surface area contributed by atoms with E-state index in [-0.39, 0.29) is 0 Å². The standard InChI is InChI=1S/C9H6Cl2N2OS/c1-13-9(15)14-8(12-13)5-2-3-6(10)7(11)4-5/h2-4H,1H3. The van der Waals surface area contributed by atoms with Crippen molar-refractivity contribution in [2.75, 3.05) is 0 Å². The summed E-state index contributed by atoms with van der Waals surface area (Å²) in [6.45, 7) is 0. The Balaban J connectivity index is 2.54. The van der Waals surface area contributed by atoms with Gasteiger partial charge in [0.05, 0.1) is 10.0 Å². The summed E-state index contributed by atoms with van der Waals surface area (Å²) in [5.74, 6) is 0.432. The Morgan fingerprint density at radius 3 is 2.60 bits per heavy atom. The highest BCUT2D eigenvalue weighted by Crippen LogP contribution is 2.27. The molecule has 0 saturated heterocycles. The molecule has 2 aromatic rings. The maximum atomic E-state index is 5.88. The Morgan fingerprint density at radius 1 is 1.33 bits per heavy atom. The van der Waals surface area contributed by atoms with Gasteiger partial charge < -0.3 is 4.42 Å². The van der Waals surface area contributed by atoms with Crippen molar-refractivity contribution < 1.29 is 4.42 Å². The number of nitrogens with zero attached hydrogens (tertiary/aromatic N) is 2. The molecule has 0 fully saturated rings. The molecule has 0 spiro atoms. The summed E-state index contributed by atoms with van der Waals surface area (Å²) in [6, 6.07) is 5.14. The molecule has 0 saturated carbocycles. The smallest absolute Gasteiger partial charge is 0.287 e. The lowest BCUT2D eigenvalue weighted by molar-refractivity contribution is 0.534. The molecule has 0 radical (unpaired) electrons. The topological polar surface area (TPSA) is 31.0 Å². The zero-order valence-corrected chi connectivity index (χ0v) is 10.0. The molecule has 0 atom stereocenters. The number of rotatable bonds is 1. The zero-order chi connectivity index (χ0) is 11.0. The minimum absolute atomic E-state index is 0.316. The molecule has 3 nitrogen and oxygen atoms in total. The second-order valence-corrected chi connectivity index (χ2v) is 4.09. The first-order chi connectivity index (χ1) is 7.08. The highest BCUT2D eigenvalue weighted by molar-refractivity contribution is 7.71. The molecular weight excluding hydrogens is 255 g/mol. The summed E-state index contributed by atoms with van der Waals surface area (Å²) >= 11 is 16.6. The molecule has 0 aliphatic rings. The first-order valence-corrected chi connectivity index (χ1v) is 5.24. The monoisotopic (exact) mass is 260 g/mol. The van der Waals surface area contributed by atoms with E-state index in [0.717, 1.165) is 5.56 Å². The van der Waals surface area contributed by atoms with E-state index in [9.17, 15) is 0 Å². The van der Waals surface area contributed by atoms with Crippen molar-refractivity contribution in [1.82, 2.24) is 9.78 Å². The maximum absolute atomic E-state index is 5.88. The molecule has 0 N–H and O–H groups in total. The van der Waals surface area contributed by atoms with Gasteiger partial charge in [-0.05, 0) is 30.4 Å². The van der Waals surface area contributed by atoms with E-state index in [4.69, 9.17) is 39.8 Å². The summed E-state index contributed by atoms with van der Waals surface area (Å²) in [7, 11) is 1.72. The van der Waals surface area contributed by atoms with Crippen molar-refractivity contribution in [3.05, 3.63) is 33.1 Å². The lowest BCUT2D eigenvalue weighted by atomic mass is 10.2. The third kappa shape index (κ3) is 2.07. The average Bonchev–Trinajstić information content (AvgIpc) is 2.52. The second-order valence-electron chi connectivity index (χ2n) is 2.93. The summed E-state index contributed by atoms with van der Waals surface area (Å²) < 4.78 is 6.74. The van der Waals surface area contributed by atoms with E-state index < -0.39 is 0 Å². The van der Waals surface area contributed by atoms with Crippen molar-refractivity contribution in [2.24, 2.45) is 7.05 Å². The molecule has 6 heteroatoms. The predicted octanol–water partition coefficient (Wildman–Crippen LogP) is 3.72. The van der Waals surface area contributed by atoms with Crippen LogP contribution in [0, 0.1) is 4.84 Å². The summed E-state index contributed by atoms with van der Waals surface area (Å²) in [5, 5.41) is 5.05. The summed E-state index contributed by atoms with van der Waals surface area (Å²) in [5.41, 5.74) is 0.746. The van der Waals surface area contributed by atoms with Gasteiger partial charge in [0.15, 0.2) is 0 Å². The molecule has 15 heavy (non-hydrogen) atoms. The molecule has 0 amide bonds. The first-order valence-electron chi connectivity index (χ1n) is 4.07. The van der Waals surface area contributed by atoms with Gasteiger partial charge in [0, 0.05) is 12.6 Å². The molecule has 0 aliphatic carbocycles. The number of halogens is 2. The largest absolute Gasteiger partial charge is 0.409 e. The van der Waals surface area contributed by atoms with Crippen LogP contribution in [-0.2, 0) is 7.05 Å². The fraction of sp³-hybridized carbons (Fsp3) is 0.111. The van der Waals surface area contributed by atoms with Gasteiger partial charge in [0.1, 0.15) is 0 Å². The van der Waals surface area contributed by atoms with Gasteiger partial charge in [-0.25, -0.2) is 4.68 Å². The van der Waals surface area contributed by atoms with Crippen LogP contribution in [0.15, 0.2) is 22.6 Å². The van der Waals surface area contributed by atoms with Gasteiger partial charge in [-0.2, -0.15) is 0 Å². The highest BCUT2D eigenvalue weighted by atomic mass is 35.5. The molecule has 2 rings (SSSR count). The molecule has 1 heterocycles.